The summed E-state index contributed by atoms with van der Waals surface area (Å²) in [5.41, 5.74) is 0.808. The van der Waals surface area contributed by atoms with Gasteiger partial charge in [0.1, 0.15) is 79.9 Å². The van der Waals surface area contributed by atoms with Crippen LogP contribution in [0.5, 0.6) is 0 Å². The van der Waals surface area contributed by atoms with E-state index in [0.717, 1.165) is 5.56 Å². The van der Waals surface area contributed by atoms with Crippen LogP contribution in [0.4, 0.5) is 4.79 Å². The monoisotopic (exact) mass is 695 g/mol. The molecule has 0 saturated carbocycles. The highest BCUT2D eigenvalue weighted by molar-refractivity contribution is 5.67. The third-order valence-electron chi connectivity index (χ3n) is 8.16. The van der Waals surface area contributed by atoms with Gasteiger partial charge in [-0.15, -0.1) is 0 Å². The largest absolute Gasteiger partial charge is 0.445 e. The van der Waals surface area contributed by atoms with E-state index in [1.165, 1.54) is 0 Å². The lowest BCUT2D eigenvalue weighted by atomic mass is 9.96. The molecule has 1 amide bonds. The average Bonchev–Trinajstić information content (AvgIpc) is 3.09. The summed E-state index contributed by atoms with van der Waals surface area (Å²) in [6.07, 6.45) is -25.7. The molecule has 274 valence electrons. The number of amides is 1. The maximum absolute atomic E-state index is 11.9. The number of aliphatic hydroxyl groups is 10. The van der Waals surface area contributed by atoms with Crippen molar-refractivity contribution in [3.63, 3.8) is 0 Å². The second-order valence-electron chi connectivity index (χ2n) is 11.5. The van der Waals surface area contributed by atoms with Crippen molar-refractivity contribution in [2.75, 3.05) is 33.0 Å². The van der Waals surface area contributed by atoms with Gasteiger partial charge in [0.05, 0.1) is 26.4 Å². The van der Waals surface area contributed by atoms with Crippen LogP contribution in [0.25, 0.3) is 0 Å². The van der Waals surface area contributed by atoms with Crippen LogP contribution in [-0.4, -0.2) is 182 Å². The lowest BCUT2D eigenvalue weighted by Crippen LogP contribution is -2.67. The molecule has 19 heteroatoms. The lowest BCUT2D eigenvalue weighted by molar-refractivity contribution is -0.381. The molecule has 0 radical (unpaired) electrons. The van der Waals surface area contributed by atoms with Gasteiger partial charge >= 0.3 is 6.09 Å². The van der Waals surface area contributed by atoms with Crippen LogP contribution in [-0.2, 0) is 39.8 Å². The summed E-state index contributed by atoms with van der Waals surface area (Å²) in [7, 11) is 0. The van der Waals surface area contributed by atoms with E-state index >= 15 is 0 Å². The van der Waals surface area contributed by atoms with Crippen molar-refractivity contribution in [3.8, 4) is 0 Å². The Balaban J connectivity index is 1.34. The Bertz CT molecular complexity index is 1100. The van der Waals surface area contributed by atoms with Gasteiger partial charge in [-0.3, -0.25) is 0 Å². The molecule has 3 heterocycles. The van der Waals surface area contributed by atoms with Gasteiger partial charge in [-0.05, 0) is 12.0 Å². The molecule has 3 aliphatic rings. The summed E-state index contributed by atoms with van der Waals surface area (Å²) in [6.45, 7) is -2.21. The number of hydrogen-bond acceptors (Lipinski definition) is 18. The Morgan fingerprint density at radius 3 is 1.71 bits per heavy atom. The third-order valence-corrected chi connectivity index (χ3v) is 8.16. The fourth-order valence-electron chi connectivity index (χ4n) is 5.40. The Kier molecular flexibility index (Phi) is 14.6. The van der Waals surface area contributed by atoms with Gasteiger partial charge in [0.2, 0.25) is 0 Å². The molecule has 0 spiro atoms. The molecule has 4 rings (SSSR count). The second kappa shape index (κ2) is 18.2. The van der Waals surface area contributed by atoms with Gasteiger partial charge in [0, 0.05) is 6.54 Å². The maximum Gasteiger partial charge on any atom is 0.407 e. The van der Waals surface area contributed by atoms with Gasteiger partial charge in [0.15, 0.2) is 18.9 Å². The minimum Gasteiger partial charge on any atom is -0.445 e. The summed E-state index contributed by atoms with van der Waals surface area (Å²) >= 11 is 0. The molecule has 1 aromatic carbocycles. The highest BCUT2D eigenvalue weighted by Gasteiger charge is 2.53. The number of carbonyl (C=O) groups excluding carboxylic acids is 1. The topological polar surface area (TPSA) is 296 Å². The van der Waals surface area contributed by atoms with Crippen LogP contribution in [0.3, 0.4) is 0 Å². The number of aliphatic hydroxyl groups excluding tert-OH is 10. The molecule has 0 aromatic heterocycles. The van der Waals surface area contributed by atoms with Gasteiger partial charge < -0.3 is 89.5 Å². The molecule has 3 fully saturated rings. The predicted molar refractivity (Wildman–Crippen MR) is 154 cm³/mol. The van der Waals surface area contributed by atoms with Crippen LogP contribution in [0, 0.1) is 0 Å². The molecule has 1 aromatic rings. The first-order valence-corrected chi connectivity index (χ1v) is 15.4. The highest BCUT2D eigenvalue weighted by atomic mass is 16.8. The van der Waals surface area contributed by atoms with Crippen LogP contribution in [0.15, 0.2) is 30.3 Å². The second-order valence-corrected chi connectivity index (χ2v) is 11.5. The quantitative estimate of drug-likeness (QED) is 0.0811. The van der Waals surface area contributed by atoms with Gasteiger partial charge in [-0.1, -0.05) is 30.3 Å². The van der Waals surface area contributed by atoms with Gasteiger partial charge in [-0.25, -0.2) is 4.79 Å². The first kappa shape index (κ1) is 38.6. The summed E-state index contributed by atoms with van der Waals surface area (Å²) in [6, 6.07) is 9.06. The summed E-state index contributed by atoms with van der Waals surface area (Å²) in [5, 5.41) is 106. The molecule has 0 aliphatic carbocycles. The van der Waals surface area contributed by atoms with Gasteiger partial charge in [-0.2, -0.15) is 0 Å². The molecule has 0 unspecified atom stereocenters. The number of benzene rings is 1. The number of alkyl carbamates (subject to hydrolysis) is 1. The number of nitrogens with one attached hydrogen (secondary N) is 1. The van der Waals surface area contributed by atoms with E-state index in [1.54, 1.807) is 12.1 Å². The SMILES string of the molecule is O=C(NCCCO[C@@H]1O[C@H](CO)[C@@H](O)[C@H](O[C@@H]2O[C@H](CO)[C@@H](O)[C@H](O[C@@H]3O[C@H](CO)[C@@H](O)[C@H](O)[C@H]3O)[C@H]2O)[C@H]1O)OCc1ccccc1. The summed E-state index contributed by atoms with van der Waals surface area (Å²) < 4.78 is 38.2. The highest BCUT2D eigenvalue weighted by Crippen LogP contribution is 2.32. The molecular formula is C29H45NO18. The van der Waals surface area contributed by atoms with E-state index in [0.29, 0.717) is 0 Å². The van der Waals surface area contributed by atoms with E-state index in [9.17, 15) is 55.9 Å². The smallest absolute Gasteiger partial charge is 0.407 e. The Morgan fingerprint density at radius 2 is 1.15 bits per heavy atom. The van der Waals surface area contributed by atoms with Crippen molar-refractivity contribution in [3.05, 3.63) is 35.9 Å². The molecule has 19 nitrogen and oxygen atoms in total. The van der Waals surface area contributed by atoms with Crippen LogP contribution in [0.2, 0.25) is 0 Å². The fraction of sp³-hybridized carbons (Fsp3) is 0.759. The number of hydrogen-bond donors (Lipinski definition) is 11. The van der Waals surface area contributed by atoms with Crippen LogP contribution < -0.4 is 5.32 Å². The van der Waals surface area contributed by atoms with E-state index in [2.05, 4.69) is 5.32 Å². The van der Waals surface area contributed by atoms with Crippen molar-refractivity contribution in [1.29, 1.82) is 0 Å². The normalized spacial score (nSPS) is 40.3. The van der Waals surface area contributed by atoms with Crippen molar-refractivity contribution in [2.45, 2.75) is 105 Å². The Labute approximate surface area is 274 Å². The van der Waals surface area contributed by atoms with Gasteiger partial charge in [0.25, 0.3) is 0 Å². The molecular weight excluding hydrogens is 650 g/mol. The van der Waals surface area contributed by atoms with E-state index in [-0.39, 0.29) is 26.2 Å². The van der Waals surface area contributed by atoms with Crippen LogP contribution >= 0.6 is 0 Å². The first-order chi connectivity index (χ1) is 23.0. The minimum atomic E-state index is -1.95. The van der Waals surface area contributed by atoms with Crippen molar-refractivity contribution >= 4 is 6.09 Å². The van der Waals surface area contributed by atoms with Crippen molar-refractivity contribution in [1.82, 2.24) is 5.32 Å². The molecule has 3 aliphatic heterocycles. The average molecular weight is 696 g/mol. The third kappa shape index (κ3) is 9.34. The van der Waals surface area contributed by atoms with E-state index < -0.39 is 118 Å². The number of rotatable bonds is 14. The molecule has 0 bridgehead atoms. The predicted octanol–water partition coefficient (Wildman–Crippen LogP) is -5.23. The summed E-state index contributed by atoms with van der Waals surface area (Å²) in [5.74, 6) is 0. The summed E-state index contributed by atoms with van der Waals surface area (Å²) in [4.78, 5) is 11.9. The molecule has 15 atom stereocenters. The molecule has 48 heavy (non-hydrogen) atoms. The number of ether oxygens (including phenoxy) is 7. The van der Waals surface area contributed by atoms with E-state index in [4.69, 9.17) is 33.2 Å². The van der Waals surface area contributed by atoms with E-state index in [1.807, 2.05) is 18.2 Å². The Hall–Kier alpha value is -2.15. The van der Waals surface area contributed by atoms with Crippen molar-refractivity contribution in [2.24, 2.45) is 0 Å². The maximum atomic E-state index is 11.9. The molecule has 3 saturated heterocycles. The standard InChI is InChI=1S/C29H45NO18/c31-9-14-17(34)20(37)21(38)27(45-14)47-25-19(36)16(11-33)46-28(23(25)40)48-24-18(35)15(10-32)44-26(22(24)39)42-8-4-7-30-29(41)43-12-13-5-2-1-3-6-13/h1-3,5-6,14-28,31-40H,4,7-12H2,(H,30,41)/t14-,15-,16-,17-,18-,19-,20+,21-,22-,23-,24+,25+,26-,27+,28+/m1/s1. The minimum absolute atomic E-state index is 0.0714. The zero-order valence-electron chi connectivity index (χ0n) is 25.7. The lowest BCUT2D eigenvalue weighted by Gasteiger charge is -2.48. The zero-order chi connectivity index (χ0) is 35.0. The zero-order valence-corrected chi connectivity index (χ0v) is 25.7. The van der Waals surface area contributed by atoms with Crippen LogP contribution in [0.1, 0.15) is 12.0 Å². The fourth-order valence-corrected chi connectivity index (χ4v) is 5.40. The Morgan fingerprint density at radius 1 is 0.646 bits per heavy atom. The molecule has 11 N–H and O–H groups in total. The first-order valence-electron chi connectivity index (χ1n) is 15.4. The number of carbonyl (C=O) groups is 1. The van der Waals surface area contributed by atoms with Crippen molar-refractivity contribution < 1.29 is 89.0 Å².